The van der Waals surface area contributed by atoms with E-state index in [0.717, 1.165) is 11.1 Å². The highest BCUT2D eigenvalue weighted by Crippen LogP contribution is 2.25. The number of nitrogens with one attached hydrogen (secondary N) is 1. The SMILES string of the molecule is NC(=O)c1c(CCc2ccc(O)cc2)n[nH]c1Cc1ccc(Cl)c(Cl)c1. The molecule has 0 aliphatic rings. The molecule has 2 aromatic carbocycles. The molecule has 0 saturated heterocycles. The number of amides is 1. The minimum absolute atomic E-state index is 0.218. The zero-order valence-corrected chi connectivity index (χ0v) is 15.3. The van der Waals surface area contributed by atoms with Gasteiger partial charge in [-0.1, -0.05) is 41.4 Å². The zero-order valence-electron chi connectivity index (χ0n) is 13.8. The van der Waals surface area contributed by atoms with Gasteiger partial charge in [0.25, 0.3) is 5.91 Å². The molecule has 7 heteroatoms. The zero-order chi connectivity index (χ0) is 18.7. The first kappa shape index (κ1) is 18.3. The molecule has 0 unspecified atom stereocenters. The Hall–Kier alpha value is -2.50. The van der Waals surface area contributed by atoms with Crippen LogP contribution in [-0.4, -0.2) is 21.2 Å². The molecule has 0 spiro atoms. The lowest BCUT2D eigenvalue weighted by atomic mass is 10.0. The van der Waals surface area contributed by atoms with Gasteiger partial charge in [-0.25, -0.2) is 0 Å². The van der Waals surface area contributed by atoms with Gasteiger partial charge in [0.1, 0.15) is 5.75 Å². The number of carbonyl (C=O) groups is 1. The molecule has 1 heterocycles. The molecule has 0 fully saturated rings. The summed E-state index contributed by atoms with van der Waals surface area (Å²) in [5.74, 6) is -0.301. The van der Waals surface area contributed by atoms with Crippen molar-refractivity contribution in [2.45, 2.75) is 19.3 Å². The van der Waals surface area contributed by atoms with Crippen molar-refractivity contribution in [1.82, 2.24) is 10.2 Å². The van der Waals surface area contributed by atoms with E-state index in [4.69, 9.17) is 28.9 Å². The van der Waals surface area contributed by atoms with Gasteiger partial charge < -0.3 is 10.8 Å². The van der Waals surface area contributed by atoms with E-state index in [1.165, 1.54) is 0 Å². The Balaban J connectivity index is 1.80. The lowest BCUT2D eigenvalue weighted by molar-refractivity contribution is 0.0998. The van der Waals surface area contributed by atoms with E-state index in [0.29, 0.717) is 46.3 Å². The van der Waals surface area contributed by atoms with Crippen LogP contribution in [0.4, 0.5) is 0 Å². The summed E-state index contributed by atoms with van der Waals surface area (Å²) >= 11 is 12.0. The molecule has 0 radical (unpaired) electrons. The Morgan fingerprint density at radius 2 is 1.73 bits per heavy atom. The standard InChI is InChI=1S/C19H17Cl2N3O2/c20-14-7-3-12(9-15(14)21)10-17-18(19(22)26)16(23-24-17)8-4-11-1-5-13(25)6-2-11/h1-3,5-7,9,25H,4,8,10H2,(H2,22,26)(H,23,24). The minimum atomic E-state index is -0.519. The second-order valence-electron chi connectivity index (χ2n) is 5.98. The normalized spacial score (nSPS) is 10.8. The predicted octanol–water partition coefficient (Wildman–Crippen LogP) is 3.90. The number of carbonyl (C=O) groups excluding carboxylic acids is 1. The van der Waals surface area contributed by atoms with Crippen molar-refractivity contribution in [2.75, 3.05) is 0 Å². The number of benzene rings is 2. The Labute approximate surface area is 160 Å². The van der Waals surface area contributed by atoms with Crippen molar-refractivity contribution in [2.24, 2.45) is 5.73 Å². The van der Waals surface area contributed by atoms with Crippen molar-refractivity contribution in [3.63, 3.8) is 0 Å². The first-order chi connectivity index (χ1) is 12.4. The number of H-pyrrole nitrogens is 1. The molecule has 5 nitrogen and oxygen atoms in total. The van der Waals surface area contributed by atoms with Crippen LogP contribution < -0.4 is 5.73 Å². The van der Waals surface area contributed by atoms with Crippen molar-refractivity contribution in [3.05, 3.63) is 80.6 Å². The number of phenolic OH excluding ortho intramolecular Hbond substituents is 1. The van der Waals surface area contributed by atoms with E-state index in [-0.39, 0.29) is 5.75 Å². The van der Waals surface area contributed by atoms with Gasteiger partial charge in [-0.15, -0.1) is 0 Å². The van der Waals surface area contributed by atoms with Crippen molar-refractivity contribution >= 4 is 29.1 Å². The number of primary amides is 1. The number of rotatable bonds is 6. The lowest BCUT2D eigenvalue weighted by Crippen LogP contribution is -2.15. The number of phenols is 1. The second-order valence-corrected chi connectivity index (χ2v) is 6.79. The lowest BCUT2D eigenvalue weighted by Gasteiger charge is -2.05. The Morgan fingerprint density at radius 1 is 1.04 bits per heavy atom. The topological polar surface area (TPSA) is 92.0 Å². The molecule has 4 N–H and O–H groups in total. The summed E-state index contributed by atoms with van der Waals surface area (Å²) in [5, 5.41) is 17.5. The highest BCUT2D eigenvalue weighted by atomic mass is 35.5. The number of aryl methyl sites for hydroxylation is 2. The number of nitrogens with two attached hydrogens (primary N) is 1. The Kier molecular flexibility index (Phi) is 5.49. The van der Waals surface area contributed by atoms with Crippen LogP contribution in [0.1, 0.15) is 32.9 Å². The highest BCUT2D eigenvalue weighted by molar-refractivity contribution is 6.42. The summed E-state index contributed by atoms with van der Waals surface area (Å²) in [6.45, 7) is 0. The first-order valence-corrected chi connectivity index (χ1v) is 8.77. The smallest absolute Gasteiger partial charge is 0.252 e. The molecule has 3 rings (SSSR count). The fourth-order valence-electron chi connectivity index (χ4n) is 2.80. The van der Waals surface area contributed by atoms with Crippen LogP contribution in [0.3, 0.4) is 0 Å². The summed E-state index contributed by atoms with van der Waals surface area (Å²) in [6.07, 6.45) is 1.68. The van der Waals surface area contributed by atoms with Crippen LogP contribution in [0, 0.1) is 0 Å². The first-order valence-electron chi connectivity index (χ1n) is 8.02. The van der Waals surface area contributed by atoms with Crippen LogP contribution in [-0.2, 0) is 19.3 Å². The van der Waals surface area contributed by atoms with Crippen molar-refractivity contribution in [1.29, 1.82) is 0 Å². The molecule has 1 aromatic heterocycles. The Morgan fingerprint density at radius 3 is 2.38 bits per heavy atom. The summed E-state index contributed by atoms with van der Waals surface area (Å²) in [5.41, 5.74) is 9.20. The largest absolute Gasteiger partial charge is 0.508 e. The van der Waals surface area contributed by atoms with Crippen molar-refractivity contribution in [3.8, 4) is 5.75 Å². The third-order valence-electron chi connectivity index (χ3n) is 4.11. The summed E-state index contributed by atoms with van der Waals surface area (Å²) in [6, 6.07) is 12.2. The van der Waals surface area contributed by atoms with E-state index in [9.17, 15) is 9.90 Å². The van der Waals surface area contributed by atoms with E-state index < -0.39 is 5.91 Å². The van der Waals surface area contributed by atoms with Crippen LogP contribution >= 0.6 is 23.2 Å². The van der Waals surface area contributed by atoms with Crippen LogP contribution in [0.15, 0.2) is 42.5 Å². The number of aromatic hydroxyl groups is 1. The third kappa shape index (κ3) is 4.18. The average molecular weight is 390 g/mol. The molecule has 26 heavy (non-hydrogen) atoms. The van der Waals surface area contributed by atoms with Crippen LogP contribution in [0.2, 0.25) is 10.0 Å². The molecule has 0 aliphatic carbocycles. The maximum atomic E-state index is 12.0. The Bertz CT molecular complexity index is 936. The number of aromatic nitrogens is 2. The monoisotopic (exact) mass is 389 g/mol. The van der Waals surface area contributed by atoms with Gasteiger partial charge in [0.05, 0.1) is 27.0 Å². The average Bonchev–Trinajstić information content (AvgIpc) is 3.00. The molecule has 0 aliphatic heterocycles. The predicted molar refractivity (Wildman–Crippen MR) is 102 cm³/mol. The van der Waals surface area contributed by atoms with Gasteiger partial charge in [-0.3, -0.25) is 9.89 Å². The maximum Gasteiger partial charge on any atom is 0.252 e. The van der Waals surface area contributed by atoms with Gasteiger partial charge in [0.15, 0.2) is 0 Å². The molecular weight excluding hydrogens is 373 g/mol. The van der Waals surface area contributed by atoms with E-state index in [1.807, 2.05) is 18.2 Å². The number of aromatic amines is 1. The van der Waals surface area contributed by atoms with Gasteiger partial charge in [-0.05, 0) is 48.2 Å². The summed E-state index contributed by atoms with van der Waals surface area (Å²) in [4.78, 5) is 12.0. The van der Waals surface area contributed by atoms with Gasteiger partial charge >= 0.3 is 0 Å². The van der Waals surface area contributed by atoms with E-state index in [2.05, 4.69) is 10.2 Å². The fraction of sp³-hybridized carbons (Fsp3) is 0.158. The highest BCUT2D eigenvalue weighted by Gasteiger charge is 2.18. The third-order valence-corrected chi connectivity index (χ3v) is 4.85. The molecular formula is C19H17Cl2N3O2. The molecule has 0 saturated carbocycles. The fourth-order valence-corrected chi connectivity index (χ4v) is 3.12. The number of hydrogen-bond donors (Lipinski definition) is 3. The number of halogens is 2. The minimum Gasteiger partial charge on any atom is -0.508 e. The number of nitrogens with zero attached hydrogens (tertiary/aromatic N) is 1. The van der Waals surface area contributed by atoms with Crippen LogP contribution in [0.5, 0.6) is 5.75 Å². The van der Waals surface area contributed by atoms with Gasteiger partial charge in [0, 0.05) is 6.42 Å². The summed E-state index contributed by atoms with van der Waals surface area (Å²) < 4.78 is 0. The second kappa shape index (κ2) is 7.81. The van der Waals surface area contributed by atoms with Gasteiger partial charge in [0.2, 0.25) is 0 Å². The van der Waals surface area contributed by atoms with Crippen molar-refractivity contribution < 1.29 is 9.90 Å². The van der Waals surface area contributed by atoms with Crippen LogP contribution in [0.25, 0.3) is 0 Å². The van der Waals surface area contributed by atoms with E-state index in [1.54, 1.807) is 24.3 Å². The number of hydrogen-bond acceptors (Lipinski definition) is 3. The molecule has 3 aromatic rings. The maximum absolute atomic E-state index is 12.0. The molecule has 0 atom stereocenters. The molecule has 134 valence electrons. The molecule has 0 bridgehead atoms. The molecule has 1 amide bonds. The summed E-state index contributed by atoms with van der Waals surface area (Å²) in [7, 11) is 0. The quantitative estimate of drug-likeness (QED) is 0.596. The van der Waals surface area contributed by atoms with Gasteiger partial charge in [-0.2, -0.15) is 5.10 Å². The van der Waals surface area contributed by atoms with E-state index >= 15 is 0 Å².